The number of piperazine rings is 1. The molecule has 9 nitrogen and oxygen atoms in total. The summed E-state index contributed by atoms with van der Waals surface area (Å²) in [6.07, 6.45) is 1.29. The second-order valence-corrected chi connectivity index (χ2v) is 14.9. The molecule has 0 unspecified atom stereocenters. The van der Waals surface area contributed by atoms with Gasteiger partial charge in [-0.15, -0.1) is 0 Å². The van der Waals surface area contributed by atoms with Crippen molar-refractivity contribution in [2.75, 3.05) is 44.8 Å². The lowest BCUT2D eigenvalue weighted by Crippen LogP contribution is -2.49. The third kappa shape index (κ3) is 6.99. The summed E-state index contributed by atoms with van der Waals surface area (Å²) in [4.78, 5) is 32.2. The largest absolute Gasteiger partial charge is 0.491 e. The fraction of sp³-hybridized carbons (Fsp3) is 0.600. The van der Waals surface area contributed by atoms with Crippen molar-refractivity contribution in [3.63, 3.8) is 0 Å². The number of hydrogen-bond donors (Lipinski definition) is 0. The number of methoxy groups -OCH3 is 1. The Balaban J connectivity index is 1.40. The SMILES string of the molecule is COC1(COc2ccc3c(c2)N(C(=O)OC(C)(C)C)c2ccc(CN4CCN(C(=O)OC(C)(C)C)CC4)cc2C3(C)C)CC1. The Bertz CT molecular complexity index is 1390. The molecule has 2 amide bonds. The molecule has 240 valence electrons. The van der Waals surface area contributed by atoms with Crippen LogP contribution in [-0.4, -0.2) is 78.7 Å². The van der Waals surface area contributed by atoms with Gasteiger partial charge in [-0.2, -0.15) is 0 Å². The molecule has 0 spiro atoms. The Kier molecular flexibility index (Phi) is 8.44. The number of nitrogens with zero attached hydrogens (tertiary/aromatic N) is 3. The molecule has 9 heteroatoms. The van der Waals surface area contributed by atoms with Crippen molar-refractivity contribution in [2.24, 2.45) is 0 Å². The van der Waals surface area contributed by atoms with Crippen LogP contribution in [0.3, 0.4) is 0 Å². The predicted molar refractivity (Wildman–Crippen MR) is 171 cm³/mol. The summed E-state index contributed by atoms with van der Waals surface area (Å²) in [5, 5.41) is 0. The highest BCUT2D eigenvalue weighted by Crippen LogP contribution is 2.51. The van der Waals surface area contributed by atoms with Crippen molar-refractivity contribution < 1.29 is 28.5 Å². The summed E-state index contributed by atoms with van der Waals surface area (Å²) in [7, 11) is 1.73. The zero-order valence-electron chi connectivity index (χ0n) is 27.9. The number of hydrogen-bond acceptors (Lipinski definition) is 7. The van der Waals surface area contributed by atoms with Gasteiger partial charge >= 0.3 is 12.2 Å². The molecule has 1 aliphatic carbocycles. The Hall–Kier alpha value is -3.30. The average molecular weight is 608 g/mol. The van der Waals surface area contributed by atoms with E-state index in [-0.39, 0.29) is 17.1 Å². The van der Waals surface area contributed by atoms with Crippen molar-refractivity contribution in [3.8, 4) is 5.75 Å². The summed E-state index contributed by atoms with van der Waals surface area (Å²) in [5.74, 6) is 0.696. The molecule has 0 bridgehead atoms. The van der Waals surface area contributed by atoms with E-state index in [9.17, 15) is 9.59 Å². The van der Waals surface area contributed by atoms with Crippen LogP contribution < -0.4 is 9.64 Å². The number of carbonyl (C=O) groups excluding carboxylic acids is 2. The normalized spacial score (nSPS) is 19.1. The Morgan fingerprint density at radius 3 is 2.02 bits per heavy atom. The fourth-order valence-corrected chi connectivity index (χ4v) is 5.91. The molecule has 2 aromatic carbocycles. The molecule has 0 radical (unpaired) electrons. The van der Waals surface area contributed by atoms with Gasteiger partial charge in [0, 0.05) is 51.3 Å². The highest BCUT2D eigenvalue weighted by molar-refractivity contribution is 6.00. The highest BCUT2D eigenvalue weighted by atomic mass is 16.6. The minimum absolute atomic E-state index is 0.203. The first-order valence-electron chi connectivity index (χ1n) is 15.7. The lowest BCUT2D eigenvalue weighted by Gasteiger charge is -2.41. The summed E-state index contributed by atoms with van der Waals surface area (Å²) >= 11 is 0. The average Bonchev–Trinajstić information content (AvgIpc) is 3.71. The number of benzene rings is 2. The second kappa shape index (κ2) is 11.6. The molecule has 5 rings (SSSR count). The van der Waals surface area contributed by atoms with Crippen LogP contribution in [-0.2, 0) is 26.2 Å². The molecule has 1 saturated carbocycles. The van der Waals surface area contributed by atoms with Gasteiger partial charge in [0.15, 0.2) is 0 Å². The monoisotopic (exact) mass is 607 g/mol. The van der Waals surface area contributed by atoms with Crippen molar-refractivity contribution in [3.05, 3.63) is 53.1 Å². The van der Waals surface area contributed by atoms with Crippen molar-refractivity contribution in [2.45, 2.75) is 97.0 Å². The first-order valence-corrected chi connectivity index (χ1v) is 15.7. The van der Waals surface area contributed by atoms with Crippen LogP contribution in [0.25, 0.3) is 0 Å². The standard InChI is InChI=1S/C35H49N3O6/c1-32(2,3)43-30(39)37-18-16-36(17-19-37)22-24-10-13-28-27(20-24)34(7,8)26-12-11-25(42-23-35(41-9)14-15-35)21-29(26)38(28)31(40)44-33(4,5)6/h10-13,20-21H,14-19,22-23H2,1-9H3. The van der Waals surface area contributed by atoms with Gasteiger partial charge < -0.3 is 23.8 Å². The first kappa shape index (κ1) is 32.1. The summed E-state index contributed by atoms with van der Waals surface area (Å²) in [6, 6.07) is 12.4. The zero-order chi connectivity index (χ0) is 32.1. The molecule has 1 saturated heterocycles. The third-order valence-corrected chi connectivity index (χ3v) is 8.61. The van der Waals surface area contributed by atoms with Gasteiger partial charge in [0.1, 0.15) is 29.2 Å². The van der Waals surface area contributed by atoms with Crippen molar-refractivity contribution in [1.82, 2.24) is 9.80 Å². The van der Waals surface area contributed by atoms with E-state index in [1.807, 2.05) is 59.7 Å². The van der Waals surface area contributed by atoms with Crippen LogP contribution in [0.5, 0.6) is 5.75 Å². The molecule has 2 fully saturated rings. The van der Waals surface area contributed by atoms with Crippen molar-refractivity contribution >= 4 is 23.6 Å². The molecule has 0 N–H and O–H groups in total. The van der Waals surface area contributed by atoms with E-state index < -0.39 is 17.3 Å². The molecule has 2 heterocycles. The van der Waals surface area contributed by atoms with Crippen LogP contribution in [0.4, 0.5) is 21.0 Å². The topological polar surface area (TPSA) is 80.8 Å². The minimum atomic E-state index is -0.656. The lowest BCUT2D eigenvalue weighted by molar-refractivity contribution is 0.0138. The number of amides is 2. The first-order chi connectivity index (χ1) is 20.5. The van der Waals surface area contributed by atoms with Crippen LogP contribution in [0.1, 0.15) is 84.9 Å². The van der Waals surface area contributed by atoms with E-state index in [2.05, 4.69) is 36.9 Å². The molecular weight excluding hydrogens is 558 g/mol. The van der Waals surface area contributed by atoms with E-state index in [4.69, 9.17) is 18.9 Å². The molecule has 2 aliphatic heterocycles. The number of anilines is 2. The maximum atomic E-state index is 13.8. The zero-order valence-corrected chi connectivity index (χ0v) is 27.9. The molecular formula is C35H49N3O6. The van der Waals surface area contributed by atoms with E-state index >= 15 is 0 Å². The van der Waals surface area contributed by atoms with E-state index in [1.165, 1.54) is 0 Å². The van der Waals surface area contributed by atoms with Crippen LogP contribution in [0, 0.1) is 0 Å². The predicted octanol–water partition coefficient (Wildman–Crippen LogP) is 7.01. The molecule has 0 atom stereocenters. The summed E-state index contributed by atoms with van der Waals surface area (Å²) < 4.78 is 23.3. The fourth-order valence-electron chi connectivity index (χ4n) is 5.91. The number of ether oxygens (including phenoxy) is 4. The Labute approximate surface area is 262 Å². The van der Waals surface area contributed by atoms with Crippen LogP contribution in [0.15, 0.2) is 36.4 Å². The van der Waals surface area contributed by atoms with E-state index in [1.54, 1.807) is 16.9 Å². The molecule has 2 aromatic rings. The quantitative estimate of drug-likeness (QED) is 0.350. The summed E-state index contributed by atoms with van der Waals surface area (Å²) in [5.41, 5.74) is 3.08. The van der Waals surface area contributed by atoms with Gasteiger partial charge in [-0.1, -0.05) is 32.0 Å². The minimum Gasteiger partial charge on any atom is -0.491 e. The van der Waals surface area contributed by atoms with E-state index in [0.29, 0.717) is 25.4 Å². The van der Waals surface area contributed by atoms with Gasteiger partial charge in [-0.25, -0.2) is 14.5 Å². The lowest BCUT2D eigenvalue weighted by atomic mass is 9.73. The van der Waals surface area contributed by atoms with Gasteiger partial charge in [0.2, 0.25) is 0 Å². The van der Waals surface area contributed by atoms with E-state index in [0.717, 1.165) is 60.5 Å². The third-order valence-electron chi connectivity index (χ3n) is 8.61. The number of rotatable bonds is 6. The Morgan fingerprint density at radius 2 is 1.43 bits per heavy atom. The van der Waals surface area contributed by atoms with Gasteiger partial charge in [-0.05, 0) is 83.2 Å². The molecule has 3 aliphatic rings. The number of carbonyl (C=O) groups is 2. The van der Waals surface area contributed by atoms with Crippen LogP contribution in [0.2, 0.25) is 0 Å². The van der Waals surface area contributed by atoms with Crippen molar-refractivity contribution in [1.29, 1.82) is 0 Å². The van der Waals surface area contributed by atoms with Gasteiger partial charge in [0.05, 0.1) is 11.4 Å². The molecule has 0 aromatic heterocycles. The van der Waals surface area contributed by atoms with Gasteiger partial charge in [-0.3, -0.25) is 4.90 Å². The second-order valence-electron chi connectivity index (χ2n) is 14.9. The Morgan fingerprint density at radius 1 is 0.795 bits per heavy atom. The molecule has 44 heavy (non-hydrogen) atoms. The van der Waals surface area contributed by atoms with Crippen LogP contribution >= 0.6 is 0 Å². The van der Waals surface area contributed by atoms with Gasteiger partial charge in [0.25, 0.3) is 0 Å². The maximum Gasteiger partial charge on any atom is 0.419 e. The summed E-state index contributed by atoms with van der Waals surface area (Å²) in [6.45, 7) is 19.7. The smallest absolute Gasteiger partial charge is 0.419 e. The highest BCUT2D eigenvalue weighted by Gasteiger charge is 2.44. The maximum absolute atomic E-state index is 13.8. The number of fused-ring (bicyclic) bond motifs is 2.